The van der Waals surface area contributed by atoms with Crippen molar-refractivity contribution in [2.75, 3.05) is 26.1 Å². The monoisotopic (exact) mass is 248 g/mol. The van der Waals surface area contributed by atoms with Crippen molar-refractivity contribution in [3.05, 3.63) is 18.2 Å². The van der Waals surface area contributed by atoms with E-state index >= 15 is 0 Å². The van der Waals surface area contributed by atoms with Crippen molar-refractivity contribution in [3.8, 4) is 23.8 Å². The summed E-state index contributed by atoms with van der Waals surface area (Å²) >= 11 is 0. The predicted octanol–water partition coefficient (Wildman–Crippen LogP) is 1.85. The normalized spacial score (nSPS) is 9.17. The maximum absolute atomic E-state index is 11.5. The molecule has 0 heterocycles. The molecule has 0 aliphatic carbocycles. The molecule has 0 bridgehead atoms. The minimum absolute atomic E-state index is 0.319. The molecule has 18 heavy (non-hydrogen) atoms. The van der Waals surface area contributed by atoms with Crippen LogP contribution in [0.5, 0.6) is 11.5 Å². The van der Waals surface area contributed by atoms with Gasteiger partial charge < -0.3 is 20.1 Å². The van der Waals surface area contributed by atoms with Gasteiger partial charge >= 0.3 is 6.03 Å². The number of carbonyl (C=O) groups excluding carboxylic acids is 1. The van der Waals surface area contributed by atoms with E-state index in [1.807, 2.05) is 0 Å². The summed E-state index contributed by atoms with van der Waals surface area (Å²) in [5, 5.41) is 5.30. The van der Waals surface area contributed by atoms with Crippen molar-refractivity contribution in [3.63, 3.8) is 0 Å². The second kappa shape index (κ2) is 7.07. The third-order valence-electron chi connectivity index (χ3n) is 2.16. The number of anilines is 1. The summed E-state index contributed by atoms with van der Waals surface area (Å²) in [4.78, 5) is 11.5. The molecule has 0 aliphatic rings. The number of nitrogens with one attached hydrogen (secondary N) is 2. The van der Waals surface area contributed by atoms with Crippen LogP contribution in [0.1, 0.15) is 6.42 Å². The van der Waals surface area contributed by atoms with Crippen LogP contribution in [-0.4, -0.2) is 26.8 Å². The first-order valence-corrected chi connectivity index (χ1v) is 5.41. The molecule has 1 aromatic rings. The number of ether oxygens (including phenoxy) is 2. The molecule has 0 fully saturated rings. The van der Waals surface area contributed by atoms with Gasteiger partial charge in [0.1, 0.15) is 11.5 Å². The molecule has 0 saturated carbocycles. The van der Waals surface area contributed by atoms with Crippen molar-refractivity contribution < 1.29 is 14.3 Å². The summed E-state index contributed by atoms with van der Waals surface area (Å²) in [6, 6.07) is 4.80. The van der Waals surface area contributed by atoms with Crippen LogP contribution in [0, 0.1) is 12.3 Å². The van der Waals surface area contributed by atoms with Crippen molar-refractivity contribution in [1.82, 2.24) is 5.32 Å². The summed E-state index contributed by atoms with van der Waals surface area (Å²) in [5.41, 5.74) is 0.587. The molecule has 2 amide bonds. The lowest BCUT2D eigenvalue weighted by atomic mass is 10.3. The number of terminal acetylenes is 1. The standard InChI is InChI=1S/C13H16N2O3/c1-4-5-6-14-13(16)15-10-7-11(17-2)9-12(8-10)18-3/h1,7-9H,5-6H2,2-3H3,(H2,14,15,16). The highest BCUT2D eigenvalue weighted by atomic mass is 16.5. The summed E-state index contributed by atoms with van der Waals surface area (Å²) < 4.78 is 10.2. The predicted molar refractivity (Wildman–Crippen MR) is 70.0 cm³/mol. The fraction of sp³-hybridized carbons (Fsp3) is 0.308. The Labute approximate surface area is 106 Å². The third-order valence-corrected chi connectivity index (χ3v) is 2.16. The zero-order valence-corrected chi connectivity index (χ0v) is 10.4. The van der Waals surface area contributed by atoms with Crippen molar-refractivity contribution in [1.29, 1.82) is 0 Å². The zero-order valence-electron chi connectivity index (χ0n) is 10.4. The number of carbonyl (C=O) groups is 1. The summed E-state index contributed by atoms with van der Waals surface area (Å²) in [7, 11) is 3.09. The topological polar surface area (TPSA) is 59.6 Å². The highest BCUT2D eigenvalue weighted by Crippen LogP contribution is 2.25. The van der Waals surface area contributed by atoms with Crippen LogP contribution in [0.3, 0.4) is 0 Å². The van der Waals surface area contributed by atoms with E-state index in [-0.39, 0.29) is 6.03 Å². The van der Waals surface area contributed by atoms with Crippen LogP contribution in [-0.2, 0) is 0 Å². The fourth-order valence-electron chi connectivity index (χ4n) is 1.30. The van der Waals surface area contributed by atoms with Gasteiger partial charge in [0, 0.05) is 36.9 Å². The molecule has 96 valence electrons. The van der Waals surface area contributed by atoms with E-state index in [1.54, 1.807) is 32.4 Å². The smallest absolute Gasteiger partial charge is 0.319 e. The molecule has 0 saturated heterocycles. The summed E-state index contributed by atoms with van der Waals surface area (Å²) in [6.07, 6.45) is 5.58. The van der Waals surface area contributed by atoms with Crippen LogP contribution >= 0.6 is 0 Å². The quantitative estimate of drug-likeness (QED) is 0.617. The van der Waals surface area contributed by atoms with E-state index in [0.29, 0.717) is 30.2 Å². The van der Waals surface area contributed by atoms with Crippen molar-refractivity contribution in [2.24, 2.45) is 0 Å². The van der Waals surface area contributed by atoms with Crippen LogP contribution in [0.15, 0.2) is 18.2 Å². The van der Waals surface area contributed by atoms with E-state index in [9.17, 15) is 4.79 Å². The number of urea groups is 1. The Morgan fingerprint density at radius 1 is 1.28 bits per heavy atom. The van der Waals surface area contributed by atoms with Crippen LogP contribution in [0.25, 0.3) is 0 Å². The molecule has 0 spiro atoms. The Kier molecular flexibility index (Phi) is 5.39. The second-order valence-corrected chi connectivity index (χ2v) is 3.44. The molecule has 0 aromatic heterocycles. The van der Waals surface area contributed by atoms with Gasteiger partial charge in [-0.25, -0.2) is 4.79 Å². The number of benzene rings is 1. The first-order chi connectivity index (χ1) is 8.69. The van der Waals surface area contributed by atoms with Gasteiger partial charge in [-0.05, 0) is 0 Å². The largest absolute Gasteiger partial charge is 0.497 e. The van der Waals surface area contributed by atoms with Crippen LogP contribution in [0.4, 0.5) is 10.5 Å². The minimum atomic E-state index is -0.319. The first-order valence-electron chi connectivity index (χ1n) is 5.41. The number of hydrogen-bond donors (Lipinski definition) is 2. The number of hydrogen-bond acceptors (Lipinski definition) is 3. The molecular weight excluding hydrogens is 232 g/mol. The van der Waals surface area contributed by atoms with E-state index in [0.717, 1.165) is 0 Å². The molecule has 5 nitrogen and oxygen atoms in total. The second-order valence-electron chi connectivity index (χ2n) is 3.44. The number of rotatable bonds is 5. The average Bonchev–Trinajstić information content (AvgIpc) is 2.38. The van der Waals surface area contributed by atoms with Gasteiger partial charge in [-0.15, -0.1) is 12.3 Å². The highest BCUT2D eigenvalue weighted by molar-refractivity contribution is 5.89. The van der Waals surface area contributed by atoms with Gasteiger partial charge in [0.25, 0.3) is 0 Å². The minimum Gasteiger partial charge on any atom is -0.497 e. The van der Waals surface area contributed by atoms with E-state index in [2.05, 4.69) is 16.6 Å². The molecule has 0 unspecified atom stereocenters. The Balaban J connectivity index is 2.66. The van der Waals surface area contributed by atoms with E-state index in [1.165, 1.54) is 0 Å². The van der Waals surface area contributed by atoms with Gasteiger partial charge in [-0.3, -0.25) is 0 Å². The van der Waals surface area contributed by atoms with Gasteiger partial charge in [0.05, 0.1) is 14.2 Å². The van der Waals surface area contributed by atoms with Crippen molar-refractivity contribution in [2.45, 2.75) is 6.42 Å². The Bertz CT molecular complexity index is 430. The molecule has 0 atom stereocenters. The summed E-state index contributed by atoms with van der Waals surface area (Å²) in [6.45, 7) is 0.434. The Morgan fingerprint density at radius 2 is 1.89 bits per heavy atom. The molecule has 2 N–H and O–H groups in total. The molecule has 1 aromatic carbocycles. The Hall–Kier alpha value is -2.35. The fourth-order valence-corrected chi connectivity index (χ4v) is 1.30. The molecule has 0 aliphatic heterocycles. The summed E-state index contributed by atoms with van der Waals surface area (Å²) in [5.74, 6) is 3.65. The average molecular weight is 248 g/mol. The van der Waals surface area contributed by atoms with Crippen LogP contribution in [0.2, 0.25) is 0 Å². The van der Waals surface area contributed by atoms with Gasteiger partial charge in [-0.1, -0.05) is 0 Å². The number of methoxy groups -OCH3 is 2. The van der Waals surface area contributed by atoms with E-state index in [4.69, 9.17) is 15.9 Å². The third kappa shape index (κ3) is 4.26. The Morgan fingerprint density at radius 3 is 2.39 bits per heavy atom. The van der Waals surface area contributed by atoms with Crippen LogP contribution < -0.4 is 20.1 Å². The molecule has 5 heteroatoms. The SMILES string of the molecule is C#CCCNC(=O)Nc1cc(OC)cc(OC)c1. The maximum atomic E-state index is 11.5. The van der Waals surface area contributed by atoms with Gasteiger partial charge in [0.2, 0.25) is 0 Å². The molecule has 1 rings (SSSR count). The highest BCUT2D eigenvalue weighted by Gasteiger charge is 2.05. The van der Waals surface area contributed by atoms with E-state index < -0.39 is 0 Å². The lowest BCUT2D eigenvalue weighted by molar-refractivity contribution is 0.252. The lowest BCUT2D eigenvalue weighted by Crippen LogP contribution is -2.29. The lowest BCUT2D eigenvalue weighted by Gasteiger charge is -2.10. The van der Waals surface area contributed by atoms with Gasteiger partial charge in [0.15, 0.2) is 0 Å². The van der Waals surface area contributed by atoms with Gasteiger partial charge in [-0.2, -0.15) is 0 Å². The number of amides is 2. The molecular formula is C13H16N2O3. The van der Waals surface area contributed by atoms with Crippen molar-refractivity contribution >= 4 is 11.7 Å². The molecule has 0 radical (unpaired) electrons. The zero-order chi connectivity index (χ0) is 13.4. The first kappa shape index (κ1) is 13.7. The maximum Gasteiger partial charge on any atom is 0.319 e.